The maximum Gasteiger partial charge on any atom is 0.543 e. The van der Waals surface area contributed by atoms with Crippen LogP contribution in [0.1, 0.15) is 47.8 Å². The SMILES string of the molecule is CO[P+](=O)C(C#CC(C)C)(C(=O)O)C(O)(Cc1ccc(F)cc1)c1cccc(C(c2ccccc2)c2ccccc2)n1. The van der Waals surface area contributed by atoms with Crippen LogP contribution in [0.15, 0.2) is 103 Å². The molecule has 0 aliphatic carbocycles. The van der Waals surface area contributed by atoms with E-state index in [4.69, 9.17) is 9.51 Å². The normalized spacial score (nSPS) is 14.4. The Balaban J connectivity index is 2.02. The zero-order valence-corrected chi connectivity index (χ0v) is 24.5. The van der Waals surface area contributed by atoms with Gasteiger partial charge < -0.3 is 10.2 Å². The lowest BCUT2D eigenvalue weighted by atomic mass is 9.77. The van der Waals surface area contributed by atoms with E-state index in [0.717, 1.165) is 18.2 Å². The highest BCUT2D eigenvalue weighted by molar-refractivity contribution is 7.43. The highest BCUT2D eigenvalue weighted by Crippen LogP contribution is 2.53. The van der Waals surface area contributed by atoms with Crippen LogP contribution < -0.4 is 0 Å². The lowest BCUT2D eigenvalue weighted by molar-refractivity contribution is -0.146. The fourth-order valence-corrected chi connectivity index (χ4v) is 6.04. The molecule has 0 amide bonds. The lowest BCUT2D eigenvalue weighted by Gasteiger charge is -2.33. The highest BCUT2D eigenvalue weighted by atomic mass is 31.1. The number of carboxylic acid groups (broad SMARTS) is 1. The van der Waals surface area contributed by atoms with Crippen LogP contribution in [0, 0.1) is 23.6 Å². The van der Waals surface area contributed by atoms with Gasteiger partial charge in [-0.2, -0.15) is 0 Å². The summed E-state index contributed by atoms with van der Waals surface area (Å²) in [5.41, 5.74) is 0.277. The Morgan fingerprint density at radius 1 is 0.929 bits per heavy atom. The quantitative estimate of drug-likeness (QED) is 0.159. The van der Waals surface area contributed by atoms with Crippen molar-refractivity contribution in [1.29, 1.82) is 0 Å². The van der Waals surface area contributed by atoms with E-state index >= 15 is 0 Å². The van der Waals surface area contributed by atoms with Crippen molar-refractivity contribution in [1.82, 2.24) is 4.98 Å². The Kier molecular flexibility index (Phi) is 9.65. The average Bonchev–Trinajstić information content (AvgIpc) is 2.99. The molecule has 1 heterocycles. The molecular weight excluding hydrogens is 552 g/mol. The maximum absolute atomic E-state index is 13.8. The number of aliphatic hydroxyl groups is 1. The van der Waals surface area contributed by atoms with Gasteiger partial charge >= 0.3 is 19.2 Å². The molecule has 0 saturated heterocycles. The number of benzene rings is 3. The third-order valence-electron chi connectivity index (χ3n) is 7.02. The van der Waals surface area contributed by atoms with E-state index in [1.807, 2.05) is 60.7 Å². The summed E-state index contributed by atoms with van der Waals surface area (Å²) in [7, 11) is -2.00. The van der Waals surface area contributed by atoms with Gasteiger partial charge in [0.05, 0.1) is 24.4 Å². The molecule has 214 valence electrons. The molecule has 3 atom stereocenters. The smallest absolute Gasteiger partial charge is 0.477 e. The molecule has 4 rings (SSSR count). The number of aromatic nitrogens is 1. The summed E-state index contributed by atoms with van der Waals surface area (Å²) in [5, 5.41) is 20.7. The summed E-state index contributed by atoms with van der Waals surface area (Å²) < 4.78 is 32.5. The Labute approximate surface area is 246 Å². The third kappa shape index (κ3) is 6.17. The van der Waals surface area contributed by atoms with E-state index in [-0.39, 0.29) is 24.0 Å². The summed E-state index contributed by atoms with van der Waals surface area (Å²) in [6.45, 7) is 3.50. The third-order valence-corrected chi connectivity index (χ3v) is 8.57. The molecule has 42 heavy (non-hydrogen) atoms. The first-order valence-electron chi connectivity index (χ1n) is 13.4. The van der Waals surface area contributed by atoms with Crippen molar-refractivity contribution in [3.05, 3.63) is 137 Å². The van der Waals surface area contributed by atoms with Crippen molar-refractivity contribution >= 4 is 14.0 Å². The number of aliphatic carboxylic acids is 1. The van der Waals surface area contributed by atoms with Gasteiger partial charge in [-0.3, -0.25) is 4.98 Å². The second-order valence-corrected chi connectivity index (χ2v) is 11.8. The average molecular weight is 585 g/mol. The molecule has 6 nitrogen and oxygen atoms in total. The number of rotatable bonds is 10. The first-order chi connectivity index (χ1) is 20.1. The summed E-state index contributed by atoms with van der Waals surface area (Å²) in [5.74, 6) is 2.65. The monoisotopic (exact) mass is 584 g/mol. The van der Waals surface area contributed by atoms with Crippen LogP contribution in [0.3, 0.4) is 0 Å². The van der Waals surface area contributed by atoms with Crippen LogP contribution in [0.25, 0.3) is 0 Å². The van der Waals surface area contributed by atoms with E-state index in [1.54, 1.807) is 26.0 Å². The summed E-state index contributed by atoms with van der Waals surface area (Å²) in [6.07, 6.45) is -0.380. The van der Waals surface area contributed by atoms with E-state index in [2.05, 4.69) is 11.8 Å². The number of nitrogens with zero attached hydrogens (tertiary/aromatic N) is 1. The van der Waals surface area contributed by atoms with Gasteiger partial charge in [-0.15, -0.1) is 4.52 Å². The molecule has 0 spiro atoms. The highest BCUT2D eigenvalue weighted by Gasteiger charge is 2.72. The van der Waals surface area contributed by atoms with Gasteiger partial charge in [-0.05, 0) is 51.4 Å². The van der Waals surface area contributed by atoms with Gasteiger partial charge in [0.1, 0.15) is 5.82 Å². The van der Waals surface area contributed by atoms with Gasteiger partial charge in [0.25, 0.3) is 0 Å². The number of pyridine rings is 1. The molecule has 2 N–H and O–H groups in total. The van der Waals surface area contributed by atoms with Crippen molar-refractivity contribution in [2.45, 2.75) is 36.9 Å². The summed E-state index contributed by atoms with van der Waals surface area (Å²) in [4.78, 5) is 18.0. The van der Waals surface area contributed by atoms with E-state index < -0.39 is 30.6 Å². The molecule has 3 unspecified atom stereocenters. The van der Waals surface area contributed by atoms with Crippen LogP contribution in [0.5, 0.6) is 0 Å². The first kappa shape index (κ1) is 30.7. The maximum atomic E-state index is 13.8. The van der Waals surface area contributed by atoms with Gasteiger partial charge in [0, 0.05) is 12.3 Å². The van der Waals surface area contributed by atoms with E-state index in [1.165, 1.54) is 30.3 Å². The number of carboxylic acids is 1. The first-order valence-corrected chi connectivity index (χ1v) is 14.6. The lowest BCUT2D eigenvalue weighted by Crippen LogP contribution is -2.56. The number of carbonyl (C=O) groups is 1. The number of halogens is 1. The Bertz CT molecular complexity index is 1560. The van der Waals surface area contributed by atoms with Crippen LogP contribution in [0.2, 0.25) is 0 Å². The predicted molar refractivity (Wildman–Crippen MR) is 160 cm³/mol. The zero-order chi connectivity index (χ0) is 30.3. The minimum Gasteiger partial charge on any atom is -0.477 e. The molecule has 0 bridgehead atoms. The molecule has 0 saturated carbocycles. The van der Waals surface area contributed by atoms with Gasteiger partial charge in [0.15, 0.2) is 5.60 Å². The second kappa shape index (κ2) is 13.2. The van der Waals surface area contributed by atoms with Crippen LogP contribution in [-0.2, 0) is 25.9 Å². The summed E-state index contributed by atoms with van der Waals surface area (Å²) in [6, 6.07) is 29.6. The zero-order valence-electron chi connectivity index (χ0n) is 23.6. The molecule has 8 heteroatoms. The number of hydrogen-bond donors (Lipinski definition) is 2. The Morgan fingerprint density at radius 2 is 1.50 bits per heavy atom. The van der Waals surface area contributed by atoms with Crippen molar-refractivity contribution in [3.8, 4) is 11.8 Å². The molecule has 3 aromatic carbocycles. The second-order valence-electron chi connectivity index (χ2n) is 10.2. The van der Waals surface area contributed by atoms with Crippen molar-refractivity contribution < 1.29 is 28.5 Å². The standard InChI is InChI=1S/C34H31FNO5P/c1-24(2)21-22-34(32(37)38,42(40)41-3)33(39,23-25-17-19-28(35)20-18-25)30-16-10-15-29(36-30)31(26-11-6-4-7-12-26)27-13-8-5-9-14-27/h4-20,24,31,39H,23H2,1-3H3/p+1. The molecule has 0 radical (unpaired) electrons. The largest absolute Gasteiger partial charge is 0.543 e. The fourth-order valence-electron chi connectivity index (χ4n) is 4.96. The Morgan fingerprint density at radius 3 is 2.00 bits per heavy atom. The van der Waals surface area contributed by atoms with Gasteiger partial charge in [-0.25, -0.2) is 9.18 Å². The van der Waals surface area contributed by atoms with Crippen molar-refractivity contribution in [2.24, 2.45) is 5.92 Å². The van der Waals surface area contributed by atoms with Gasteiger partial charge in [-0.1, -0.05) is 98.6 Å². The van der Waals surface area contributed by atoms with E-state index in [0.29, 0.717) is 11.3 Å². The molecule has 1 aromatic heterocycles. The van der Waals surface area contributed by atoms with Crippen LogP contribution >= 0.6 is 8.03 Å². The molecule has 0 fully saturated rings. The van der Waals surface area contributed by atoms with Crippen LogP contribution in [-0.4, -0.2) is 33.4 Å². The number of hydrogen-bond acceptors (Lipinski definition) is 5. The van der Waals surface area contributed by atoms with Crippen molar-refractivity contribution in [3.63, 3.8) is 0 Å². The Hall–Kier alpha value is -4.21. The van der Waals surface area contributed by atoms with Gasteiger partial charge in [0.2, 0.25) is 0 Å². The molecule has 0 aliphatic rings. The minimum absolute atomic E-state index is 0.0537. The minimum atomic E-state index is -3.11. The van der Waals surface area contributed by atoms with Crippen molar-refractivity contribution in [2.75, 3.05) is 7.11 Å². The molecule has 0 aliphatic heterocycles. The fraction of sp³-hybridized carbons (Fsp3) is 0.235. The van der Waals surface area contributed by atoms with Crippen LogP contribution in [0.4, 0.5) is 4.39 Å². The predicted octanol–water partition coefficient (Wildman–Crippen LogP) is 6.70. The molecule has 4 aromatic rings. The van der Waals surface area contributed by atoms with E-state index in [9.17, 15) is 24.0 Å². The summed E-state index contributed by atoms with van der Waals surface area (Å²) >= 11 is 0. The molecular formula is C34H32FNO5P+. The topological polar surface area (TPSA) is 96.7 Å².